The van der Waals surface area contributed by atoms with Gasteiger partial charge in [-0.05, 0) is 28.1 Å². The highest BCUT2D eigenvalue weighted by Crippen LogP contribution is 2.27. The molecule has 3 heterocycles. The number of nitrogens with zero attached hydrogens (tertiary/aromatic N) is 6. The molecule has 0 amide bonds. The number of aromatic nitrogens is 6. The maximum Gasteiger partial charge on any atom is 0.241 e. The summed E-state index contributed by atoms with van der Waals surface area (Å²) in [6.07, 6.45) is 1.95. The Bertz CT molecular complexity index is 1480. The number of rotatable bonds is 3. The summed E-state index contributed by atoms with van der Waals surface area (Å²) in [5.74, 6) is 2.49. The van der Waals surface area contributed by atoms with Crippen molar-refractivity contribution in [2.75, 3.05) is 0 Å². The van der Waals surface area contributed by atoms with Crippen molar-refractivity contribution in [3.05, 3.63) is 95.7 Å². The first-order chi connectivity index (χ1) is 15.3. The fraction of sp³-hybridized carbons (Fsp3) is 0. The molecule has 7 heteroatoms. The van der Waals surface area contributed by atoms with E-state index in [9.17, 15) is 0 Å². The average Bonchev–Trinajstić information content (AvgIpc) is 3.34. The molecule has 0 unspecified atom stereocenters. The van der Waals surface area contributed by atoms with Crippen LogP contribution in [0.4, 0.5) is 0 Å². The lowest BCUT2D eigenvalue weighted by Crippen LogP contribution is -2.06. The van der Waals surface area contributed by atoms with Gasteiger partial charge in [0.1, 0.15) is 4.60 Å². The lowest BCUT2D eigenvalue weighted by Gasteiger charge is -2.09. The minimum atomic E-state index is 0.525. The zero-order chi connectivity index (χ0) is 20.8. The Morgan fingerprint density at radius 2 is 1.13 bits per heavy atom. The highest BCUT2D eigenvalue weighted by Gasteiger charge is 2.19. The van der Waals surface area contributed by atoms with E-state index < -0.39 is 0 Å². The molecule has 0 bridgehead atoms. The molecule has 0 aliphatic carbocycles. The third-order valence-electron chi connectivity index (χ3n) is 5.13. The molecule has 0 fully saturated rings. The lowest BCUT2D eigenvalue weighted by molar-refractivity contribution is 0.935. The average molecular weight is 467 g/mol. The molecular weight excluding hydrogens is 452 g/mol. The number of halogens is 1. The Hall–Kier alpha value is -3.84. The van der Waals surface area contributed by atoms with Gasteiger partial charge in [0.2, 0.25) is 11.7 Å². The molecule has 3 aromatic carbocycles. The summed E-state index contributed by atoms with van der Waals surface area (Å²) in [5.41, 5.74) is 3.86. The molecular formula is C24H15BrN6. The molecule has 0 saturated carbocycles. The van der Waals surface area contributed by atoms with Crippen LogP contribution in [0.2, 0.25) is 0 Å². The van der Waals surface area contributed by atoms with Crippen molar-refractivity contribution in [2.45, 2.75) is 0 Å². The van der Waals surface area contributed by atoms with Gasteiger partial charge in [-0.1, -0.05) is 72.8 Å². The fourth-order valence-corrected chi connectivity index (χ4v) is 4.10. The molecule has 6 aromatic rings. The molecule has 3 aromatic heterocycles. The van der Waals surface area contributed by atoms with Crippen LogP contribution in [0.3, 0.4) is 0 Å². The van der Waals surface area contributed by atoms with Gasteiger partial charge >= 0.3 is 0 Å². The summed E-state index contributed by atoms with van der Waals surface area (Å²) in [7, 11) is 0. The van der Waals surface area contributed by atoms with E-state index in [-0.39, 0.29) is 0 Å². The predicted octanol–water partition coefficient (Wildman–Crippen LogP) is 5.56. The third-order valence-corrected chi connectivity index (χ3v) is 5.51. The van der Waals surface area contributed by atoms with Gasteiger partial charge in [0.25, 0.3) is 0 Å². The SMILES string of the molecule is Brc1cn2c3ccccc3n(-c3nc(-c4ccccc4)nc(-c4ccccc4)n3)c2n1. The van der Waals surface area contributed by atoms with Crippen LogP contribution in [0.15, 0.2) is 95.7 Å². The normalized spacial score (nSPS) is 11.4. The van der Waals surface area contributed by atoms with Gasteiger partial charge in [-0.15, -0.1) is 0 Å². The first kappa shape index (κ1) is 18.0. The minimum Gasteiger partial charge on any atom is -0.282 e. The Labute approximate surface area is 186 Å². The van der Waals surface area contributed by atoms with E-state index in [4.69, 9.17) is 15.0 Å². The summed E-state index contributed by atoms with van der Waals surface area (Å²) >= 11 is 3.50. The fourth-order valence-electron chi connectivity index (χ4n) is 3.74. The van der Waals surface area contributed by atoms with E-state index in [2.05, 4.69) is 27.0 Å². The summed E-state index contributed by atoms with van der Waals surface area (Å²) < 4.78 is 4.76. The van der Waals surface area contributed by atoms with E-state index in [0.717, 1.165) is 32.5 Å². The second-order valence-corrected chi connectivity index (χ2v) is 7.88. The van der Waals surface area contributed by atoms with Crippen LogP contribution in [0.5, 0.6) is 0 Å². The van der Waals surface area contributed by atoms with Crippen molar-refractivity contribution < 1.29 is 0 Å². The summed E-state index contributed by atoms with van der Waals surface area (Å²) in [5, 5.41) is 0. The molecule has 0 aliphatic heterocycles. The topological polar surface area (TPSA) is 60.9 Å². The molecule has 6 rings (SSSR count). The van der Waals surface area contributed by atoms with Gasteiger partial charge in [-0.2, -0.15) is 9.97 Å². The van der Waals surface area contributed by atoms with Gasteiger partial charge in [0.15, 0.2) is 11.6 Å². The second-order valence-electron chi connectivity index (χ2n) is 7.07. The van der Waals surface area contributed by atoms with Crippen LogP contribution in [0, 0.1) is 0 Å². The van der Waals surface area contributed by atoms with Crippen molar-refractivity contribution in [3.63, 3.8) is 0 Å². The Balaban J connectivity index is 1.69. The van der Waals surface area contributed by atoms with Crippen LogP contribution in [-0.2, 0) is 0 Å². The zero-order valence-electron chi connectivity index (χ0n) is 16.2. The van der Waals surface area contributed by atoms with Gasteiger partial charge in [-0.3, -0.25) is 4.40 Å². The van der Waals surface area contributed by atoms with Crippen molar-refractivity contribution in [1.29, 1.82) is 0 Å². The van der Waals surface area contributed by atoms with E-state index in [1.807, 2.05) is 94.0 Å². The summed E-state index contributed by atoms with van der Waals surface area (Å²) in [6, 6.07) is 28.0. The van der Waals surface area contributed by atoms with Crippen LogP contribution < -0.4 is 0 Å². The maximum absolute atomic E-state index is 4.85. The number of hydrogen-bond donors (Lipinski definition) is 0. The Kier molecular flexibility index (Phi) is 4.14. The molecule has 0 N–H and O–H groups in total. The highest BCUT2D eigenvalue weighted by molar-refractivity contribution is 9.10. The lowest BCUT2D eigenvalue weighted by atomic mass is 10.2. The molecule has 0 aliphatic rings. The molecule has 0 spiro atoms. The van der Waals surface area contributed by atoms with Crippen LogP contribution >= 0.6 is 15.9 Å². The third kappa shape index (κ3) is 3.02. The van der Waals surface area contributed by atoms with E-state index >= 15 is 0 Å². The molecule has 31 heavy (non-hydrogen) atoms. The van der Waals surface area contributed by atoms with Crippen molar-refractivity contribution in [2.24, 2.45) is 0 Å². The Morgan fingerprint density at radius 3 is 1.74 bits per heavy atom. The highest BCUT2D eigenvalue weighted by atomic mass is 79.9. The molecule has 148 valence electrons. The standard InChI is InChI=1S/C24H15BrN6/c25-20-15-30-18-13-7-8-14-19(18)31(24(30)26-20)23-28-21(16-9-3-1-4-10-16)27-22(29-23)17-11-5-2-6-12-17/h1-15H. The van der Waals surface area contributed by atoms with Crippen LogP contribution in [-0.4, -0.2) is 28.9 Å². The van der Waals surface area contributed by atoms with Crippen LogP contribution in [0.25, 0.3) is 45.5 Å². The van der Waals surface area contributed by atoms with E-state index in [0.29, 0.717) is 17.6 Å². The summed E-state index contributed by atoms with van der Waals surface area (Å²) in [6.45, 7) is 0. The van der Waals surface area contributed by atoms with Gasteiger partial charge in [-0.25, -0.2) is 14.5 Å². The maximum atomic E-state index is 4.85. The largest absolute Gasteiger partial charge is 0.282 e. The van der Waals surface area contributed by atoms with E-state index in [1.54, 1.807) is 0 Å². The molecule has 6 nitrogen and oxygen atoms in total. The van der Waals surface area contributed by atoms with Gasteiger partial charge in [0, 0.05) is 17.3 Å². The van der Waals surface area contributed by atoms with Crippen molar-refractivity contribution in [3.8, 4) is 28.7 Å². The van der Waals surface area contributed by atoms with Gasteiger partial charge < -0.3 is 0 Å². The first-order valence-electron chi connectivity index (χ1n) is 9.79. The number of benzene rings is 3. The minimum absolute atomic E-state index is 0.525. The molecule has 0 saturated heterocycles. The molecule has 0 radical (unpaired) electrons. The monoisotopic (exact) mass is 466 g/mol. The van der Waals surface area contributed by atoms with Crippen LogP contribution in [0.1, 0.15) is 0 Å². The first-order valence-corrected chi connectivity index (χ1v) is 10.6. The van der Waals surface area contributed by atoms with Gasteiger partial charge in [0.05, 0.1) is 11.0 Å². The predicted molar refractivity (Wildman–Crippen MR) is 124 cm³/mol. The zero-order valence-corrected chi connectivity index (χ0v) is 17.8. The number of imidazole rings is 2. The summed E-state index contributed by atoms with van der Waals surface area (Å²) in [4.78, 5) is 19.2. The smallest absolute Gasteiger partial charge is 0.241 e. The van der Waals surface area contributed by atoms with Crippen molar-refractivity contribution >= 4 is 32.7 Å². The number of hydrogen-bond acceptors (Lipinski definition) is 4. The number of para-hydroxylation sites is 2. The Morgan fingerprint density at radius 1 is 0.581 bits per heavy atom. The quantitative estimate of drug-likeness (QED) is 0.342. The van der Waals surface area contributed by atoms with E-state index in [1.165, 1.54) is 0 Å². The molecule has 0 atom stereocenters. The number of fused-ring (bicyclic) bond motifs is 3. The second kappa shape index (κ2) is 7.14. The van der Waals surface area contributed by atoms with Crippen molar-refractivity contribution in [1.82, 2.24) is 28.9 Å².